The number of carbonyl (C=O) groups excluding carboxylic acids is 3. The fraction of sp³-hybridized carbons (Fsp3) is 0.762. The first kappa shape index (κ1) is 31.6. The lowest BCUT2D eigenvalue weighted by Gasteiger charge is -2.26. The Morgan fingerprint density at radius 1 is 0.853 bits per heavy atom. The summed E-state index contributed by atoms with van der Waals surface area (Å²) in [6, 6.07) is -4.34. The number of hydrogen-bond donors (Lipinski definition) is 7. The molecule has 0 aliphatic heterocycles. The third-order valence-electron chi connectivity index (χ3n) is 5.06. The molecule has 4 unspecified atom stereocenters. The number of hydrogen-bond acceptors (Lipinski definition) is 8. The van der Waals surface area contributed by atoms with E-state index in [2.05, 4.69) is 16.0 Å². The van der Waals surface area contributed by atoms with Crippen molar-refractivity contribution >= 4 is 41.4 Å². The van der Waals surface area contributed by atoms with Crippen LogP contribution in [0.5, 0.6) is 0 Å². The lowest BCUT2D eigenvalue weighted by molar-refractivity contribution is -0.144. The molecule has 0 aromatic carbocycles. The Balaban J connectivity index is 5.44. The summed E-state index contributed by atoms with van der Waals surface area (Å²) >= 11 is 1.46. The molecule has 0 heterocycles. The maximum absolute atomic E-state index is 12.9. The predicted octanol–water partition coefficient (Wildman–Crippen LogP) is -0.744. The zero-order valence-electron chi connectivity index (χ0n) is 20.0. The Morgan fingerprint density at radius 3 is 1.91 bits per heavy atom. The summed E-state index contributed by atoms with van der Waals surface area (Å²) < 4.78 is 0. The van der Waals surface area contributed by atoms with Crippen molar-refractivity contribution in [2.45, 2.75) is 76.5 Å². The number of nitrogens with two attached hydrogens (primary N) is 2. The van der Waals surface area contributed by atoms with Gasteiger partial charge in [0.2, 0.25) is 17.7 Å². The van der Waals surface area contributed by atoms with Crippen LogP contribution in [0.25, 0.3) is 0 Å². The predicted molar refractivity (Wildman–Crippen MR) is 129 cm³/mol. The fourth-order valence-electron chi connectivity index (χ4n) is 3.00. The number of nitrogens with one attached hydrogen (secondary N) is 3. The van der Waals surface area contributed by atoms with Crippen LogP contribution in [0.1, 0.15) is 52.4 Å². The van der Waals surface area contributed by atoms with Crippen LogP contribution in [0.15, 0.2) is 0 Å². The van der Waals surface area contributed by atoms with Gasteiger partial charge in [0.25, 0.3) is 0 Å². The standard InChI is InChI=1S/C21H39N5O7S/c1-12(2)17(21(32)33)26-20(31)14(7-8-16(27)28)25-19(30)15(9-11-34-3)24-18(29)13(23)6-4-5-10-22/h12-15,17H,4-11,22-23H2,1-3H3,(H,24,29)(H,25,30)(H,26,31)(H,27,28)(H,32,33). The van der Waals surface area contributed by atoms with Gasteiger partial charge in [-0.3, -0.25) is 19.2 Å². The molecule has 0 aromatic rings. The quantitative estimate of drug-likeness (QED) is 0.116. The molecule has 0 fully saturated rings. The number of carboxylic acids is 2. The van der Waals surface area contributed by atoms with Gasteiger partial charge in [0, 0.05) is 6.42 Å². The molecule has 0 aliphatic rings. The normalized spacial score (nSPS) is 14.5. The van der Waals surface area contributed by atoms with Crippen LogP contribution >= 0.6 is 11.8 Å². The number of unbranched alkanes of at least 4 members (excludes halogenated alkanes) is 1. The smallest absolute Gasteiger partial charge is 0.326 e. The second-order valence-corrected chi connectivity index (χ2v) is 9.28. The average Bonchev–Trinajstić information content (AvgIpc) is 2.76. The maximum Gasteiger partial charge on any atom is 0.326 e. The zero-order chi connectivity index (χ0) is 26.3. The summed E-state index contributed by atoms with van der Waals surface area (Å²) in [5, 5.41) is 25.8. The molecule has 196 valence electrons. The highest BCUT2D eigenvalue weighted by Gasteiger charge is 2.31. The van der Waals surface area contributed by atoms with E-state index in [0.29, 0.717) is 31.6 Å². The monoisotopic (exact) mass is 505 g/mol. The van der Waals surface area contributed by atoms with Crippen LogP contribution in [-0.2, 0) is 24.0 Å². The SMILES string of the molecule is CSCCC(NC(=O)C(N)CCCCN)C(=O)NC(CCC(=O)O)C(=O)NC(C(=O)O)C(C)C. The summed E-state index contributed by atoms with van der Waals surface area (Å²) in [5.41, 5.74) is 11.3. The number of rotatable bonds is 18. The summed E-state index contributed by atoms with van der Waals surface area (Å²) in [6.07, 6.45) is 3.18. The Labute approximate surface area is 204 Å². The molecule has 34 heavy (non-hydrogen) atoms. The molecular formula is C21H39N5O7S. The van der Waals surface area contributed by atoms with Gasteiger partial charge < -0.3 is 37.6 Å². The van der Waals surface area contributed by atoms with Gasteiger partial charge in [-0.15, -0.1) is 0 Å². The van der Waals surface area contributed by atoms with Crippen molar-refractivity contribution in [2.24, 2.45) is 17.4 Å². The summed E-state index contributed by atoms with van der Waals surface area (Å²) in [6.45, 7) is 3.69. The lowest BCUT2D eigenvalue weighted by atomic mass is 10.0. The molecule has 0 bridgehead atoms. The molecule has 0 aliphatic carbocycles. The van der Waals surface area contributed by atoms with Crippen molar-refractivity contribution in [3.8, 4) is 0 Å². The first-order valence-electron chi connectivity index (χ1n) is 11.2. The number of carboxylic acid groups (broad SMARTS) is 2. The van der Waals surface area contributed by atoms with Gasteiger partial charge in [-0.1, -0.05) is 20.3 Å². The van der Waals surface area contributed by atoms with Crippen LogP contribution in [0.3, 0.4) is 0 Å². The third kappa shape index (κ3) is 12.8. The first-order valence-corrected chi connectivity index (χ1v) is 12.6. The van der Waals surface area contributed by atoms with Gasteiger partial charge >= 0.3 is 11.9 Å². The van der Waals surface area contributed by atoms with Crippen LogP contribution in [0.4, 0.5) is 0 Å². The molecule has 9 N–H and O–H groups in total. The summed E-state index contributed by atoms with van der Waals surface area (Å²) in [5.74, 6) is -4.35. The van der Waals surface area contributed by atoms with Crippen LogP contribution in [0, 0.1) is 5.92 Å². The fourth-order valence-corrected chi connectivity index (χ4v) is 3.47. The Kier molecular flexibility index (Phi) is 15.9. The minimum absolute atomic E-state index is 0.251. The van der Waals surface area contributed by atoms with Crippen LogP contribution in [-0.4, -0.2) is 82.6 Å². The van der Waals surface area contributed by atoms with Gasteiger partial charge in [-0.05, 0) is 50.2 Å². The molecule has 0 saturated carbocycles. The van der Waals surface area contributed by atoms with Crippen LogP contribution in [0.2, 0.25) is 0 Å². The van der Waals surface area contributed by atoms with E-state index < -0.39 is 66.2 Å². The topological polar surface area (TPSA) is 214 Å². The highest BCUT2D eigenvalue weighted by molar-refractivity contribution is 7.98. The van der Waals surface area contributed by atoms with Crippen LogP contribution < -0.4 is 27.4 Å². The molecule has 12 nitrogen and oxygen atoms in total. The van der Waals surface area contributed by atoms with Gasteiger partial charge in [0.1, 0.15) is 18.1 Å². The second-order valence-electron chi connectivity index (χ2n) is 8.30. The Bertz CT molecular complexity index is 692. The summed E-state index contributed by atoms with van der Waals surface area (Å²) in [4.78, 5) is 60.6. The zero-order valence-corrected chi connectivity index (χ0v) is 20.9. The van der Waals surface area contributed by atoms with E-state index in [1.165, 1.54) is 11.8 Å². The third-order valence-corrected chi connectivity index (χ3v) is 5.70. The number of thioether (sulfide) groups is 1. The van der Waals surface area contributed by atoms with Crippen molar-refractivity contribution in [1.29, 1.82) is 0 Å². The van der Waals surface area contributed by atoms with E-state index in [-0.39, 0.29) is 12.8 Å². The largest absolute Gasteiger partial charge is 0.481 e. The van der Waals surface area contributed by atoms with Gasteiger partial charge in [0.05, 0.1) is 6.04 Å². The molecule has 0 spiro atoms. The summed E-state index contributed by atoms with van der Waals surface area (Å²) in [7, 11) is 0. The highest BCUT2D eigenvalue weighted by Crippen LogP contribution is 2.08. The number of carbonyl (C=O) groups is 5. The molecule has 0 aromatic heterocycles. The Hall–Kier alpha value is -2.38. The van der Waals surface area contributed by atoms with Crippen molar-refractivity contribution in [2.75, 3.05) is 18.6 Å². The molecule has 0 saturated heterocycles. The van der Waals surface area contributed by atoms with Gasteiger partial charge in [0.15, 0.2) is 0 Å². The average molecular weight is 506 g/mol. The minimum Gasteiger partial charge on any atom is -0.481 e. The van der Waals surface area contributed by atoms with E-state index >= 15 is 0 Å². The van der Waals surface area contributed by atoms with E-state index in [1.807, 2.05) is 6.26 Å². The van der Waals surface area contributed by atoms with E-state index in [1.54, 1.807) is 13.8 Å². The van der Waals surface area contributed by atoms with Gasteiger partial charge in [-0.25, -0.2) is 4.79 Å². The van der Waals surface area contributed by atoms with E-state index in [4.69, 9.17) is 16.6 Å². The molecule has 3 amide bonds. The molecular weight excluding hydrogens is 466 g/mol. The van der Waals surface area contributed by atoms with E-state index in [9.17, 15) is 29.1 Å². The second kappa shape index (κ2) is 17.1. The highest BCUT2D eigenvalue weighted by atomic mass is 32.2. The molecule has 4 atom stereocenters. The van der Waals surface area contributed by atoms with Crippen molar-refractivity contribution in [3.05, 3.63) is 0 Å². The number of amides is 3. The minimum atomic E-state index is -1.30. The maximum atomic E-state index is 12.9. The molecule has 0 radical (unpaired) electrons. The van der Waals surface area contributed by atoms with Gasteiger partial charge in [-0.2, -0.15) is 11.8 Å². The van der Waals surface area contributed by atoms with Crippen molar-refractivity contribution < 1.29 is 34.2 Å². The lowest BCUT2D eigenvalue weighted by Crippen LogP contribution is -2.57. The van der Waals surface area contributed by atoms with Crippen molar-refractivity contribution in [1.82, 2.24) is 16.0 Å². The molecule has 0 rings (SSSR count). The van der Waals surface area contributed by atoms with E-state index in [0.717, 1.165) is 0 Å². The first-order chi connectivity index (χ1) is 15.9. The molecule has 13 heteroatoms. The van der Waals surface area contributed by atoms with Crippen molar-refractivity contribution in [3.63, 3.8) is 0 Å². The number of aliphatic carboxylic acids is 2. The Morgan fingerprint density at radius 2 is 1.41 bits per heavy atom.